The molecule has 10 heteroatoms. The number of hydrogen-bond acceptors (Lipinski definition) is 5. The molecule has 1 unspecified atom stereocenters. The van der Waals surface area contributed by atoms with E-state index in [-0.39, 0.29) is 18.0 Å². The molecule has 0 amide bonds. The van der Waals surface area contributed by atoms with Crippen LogP contribution in [0.4, 0.5) is 19.0 Å². The minimum absolute atomic E-state index is 0.0221. The summed E-state index contributed by atoms with van der Waals surface area (Å²) in [5.74, 6) is -1.06. The molecule has 0 radical (unpaired) electrons. The predicted molar refractivity (Wildman–Crippen MR) is 80.7 cm³/mol. The zero-order valence-corrected chi connectivity index (χ0v) is 12.8. The van der Waals surface area contributed by atoms with E-state index in [2.05, 4.69) is 20.6 Å². The maximum atomic E-state index is 12.8. The van der Waals surface area contributed by atoms with Gasteiger partial charge in [-0.1, -0.05) is 23.7 Å². The van der Waals surface area contributed by atoms with Gasteiger partial charge in [0.25, 0.3) is 5.82 Å². The van der Waals surface area contributed by atoms with Gasteiger partial charge in [0.15, 0.2) is 5.65 Å². The van der Waals surface area contributed by atoms with Crippen LogP contribution in [0.15, 0.2) is 36.4 Å². The van der Waals surface area contributed by atoms with E-state index in [1.54, 1.807) is 24.3 Å². The number of anilines is 1. The van der Waals surface area contributed by atoms with Gasteiger partial charge in [-0.2, -0.15) is 17.7 Å². The Hall–Kier alpha value is -2.39. The summed E-state index contributed by atoms with van der Waals surface area (Å²) in [5, 5.41) is 23.7. The number of nitrogens with zero attached hydrogens (tertiary/aromatic N) is 4. The zero-order valence-electron chi connectivity index (χ0n) is 12.0. The highest BCUT2D eigenvalue weighted by atomic mass is 35.5. The van der Waals surface area contributed by atoms with Gasteiger partial charge < -0.3 is 10.4 Å². The fraction of sp³-hybridized carbons (Fsp3) is 0.214. The fourth-order valence-corrected chi connectivity index (χ4v) is 2.19. The molecular formula is C14H11ClF3N5O. The molecule has 24 heavy (non-hydrogen) atoms. The minimum atomic E-state index is -4.66. The number of alkyl halides is 3. The van der Waals surface area contributed by atoms with Crippen molar-refractivity contribution in [2.75, 3.05) is 11.9 Å². The normalized spacial score (nSPS) is 13.2. The number of halogens is 4. The van der Waals surface area contributed by atoms with E-state index < -0.39 is 18.1 Å². The summed E-state index contributed by atoms with van der Waals surface area (Å²) in [5.41, 5.74) is 0.597. The van der Waals surface area contributed by atoms with Crippen LogP contribution in [0.5, 0.6) is 0 Å². The molecule has 0 aliphatic heterocycles. The molecule has 0 spiro atoms. The maximum absolute atomic E-state index is 12.8. The monoisotopic (exact) mass is 357 g/mol. The van der Waals surface area contributed by atoms with Crippen molar-refractivity contribution < 1.29 is 18.3 Å². The van der Waals surface area contributed by atoms with Crippen molar-refractivity contribution >= 4 is 23.1 Å². The molecule has 0 bridgehead atoms. The van der Waals surface area contributed by atoms with Crippen molar-refractivity contribution in [3.05, 3.63) is 52.8 Å². The quantitative estimate of drug-likeness (QED) is 0.751. The summed E-state index contributed by atoms with van der Waals surface area (Å²) >= 11 is 5.77. The first-order chi connectivity index (χ1) is 11.3. The van der Waals surface area contributed by atoms with Gasteiger partial charge in [0.2, 0.25) is 0 Å². The summed E-state index contributed by atoms with van der Waals surface area (Å²) in [6.45, 7) is 0.0591. The Morgan fingerprint density at radius 2 is 1.83 bits per heavy atom. The predicted octanol–water partition coefficient (Wildman–Crippen LogP) is 2.94. The summed E-state index contributed by atoms with van der Waals surface area (Å²) < 4.78 is 39.1. The van der Waals surface area contributed by atoms with Crippen LogP contribution >= 0.6 is 11.6 Å². The van der Waals surface area contributed by atoms with E-state index in [9.17, 15) is 18.3 Å². The maximum Gasteiger partial charge on any atom is 0.453 e. The average Bonchev–Trinajstić information content (AvgIpc) is 2.96. The van der Waals surface area contributed by atoms with Crippen LogP contribution < -0.4 is 5.32 Å². The molecule has 3 rings (SSSR count). The molecule has 126 valence electrons. The highest BCUT2D eigenvalue weighted by Gasteiger charge is 2.37. The molecule has 1 atom stereocenters. The second kappa shape index (κ2) is 6.25. The minimum Gasteiger partial charge on any atom is -0.387 e. The molecule has 0 saturated heterocycles. The molecule has 0 aliphatic rings. The smallest absolute Gasteiger partial charge is 0.387 e. The molecule has 2 aromatic heterocycles. The van der Waals surface area contributed by atoms with E-state index in [1.165, 1.54) is 12.1 Å². The number of aliphatic hydroxyl groups excluding tert-OH is 1. The van der Waals surface area contributed by atoms with Crippen LogP contribution in [0.3, 0.4) is 0 Å². The molecular weight excluding hydrogens is 347 g/mol. The van der Waals surface area contributed by atoms with Crippen LogP contribution in [0, 0.1) is 0 Å². The summed E-state index contributed by atoms with van der Waals surface area (Å²) in [7, 11) is 0. The number of nitrogens with one attached hydrogen (secondary N) is 1. The van der Waals surface area contributed by atoms with Gasteiger partial charge in [-0.05, 0) is 29.8 Å². The van der Waals surface area contributed by atoms with Crippen molar-refractivity contribution in [3.8, 4) is 0 Å². The van der Waals surface area contributed by atoms with Gasteiger partial charge in [-0.25, -0.2) is 0 Å². The lowest BCUT2D eigenvalue weighted by molar-refractivity contribution is -0.146. The van der Waals surface area contributed by atoms with Crippen molar-refractivity contribution in [1.29, 1.82) is 0 Å². The van der Waals surface area contributed by atoms with Gasteiger partial charge in [0, 0.05) is 11.6 Å². The Morgan fingerprint density at radius 1 is 1.12 bits per heavy atom. The highest BCUT2D eigenvalue weighted by molar-refractivity contribution is 6.30. The van der Waals surface area contributed by atoms with E-state index in [1.807, 2.05) is 0 Å². The molecule has 1 aromatic carbocycles. The van der Waals surface area contributed by atoms with Crippen molar-refractivity contribution in [2.45, 2.75) is 12.3 Å². The third-order valence-corrected chi connectivity index (χ3v) is 3.50. The lowest BCUT2D eigenvalue weighted by Gasteiger charge is -2.13. The van der Waals surface area contributed by atoms with Crippen LogP contribution in [0.25, 0.3) is 5.65 Å². The summed E-state index contributed by atoms with van der Waals surface area (Å²) in [6.07, 6.45) is -5.53. The third kappa shape index (κ3) is 3.41. The second-order valence-electron chi connectivity index (χ2n) is 4.96. The van der Waals surface area contributed by atoms with Crippen LogP contribution in [-0.2, 0) is 6.18 Å². The van der Waals surface area contributed by atoms with Gasteiger partial charge in [-0.15, -0.1) is 15.3 Å². The van der Waals surface area contributed by atoms with E-state index in [0.29, 0.717) is 15.1 Å². The van der Waals surface area contributed by atoms with Gasteiger partial charge >= 0.3 is 6.18 Å². The van der Waals surface area contributed by atoms with Gasteiger partial charge in [0.1, 0.15) is 5.82 Å². The second-order valence-corrected chi connectivity index (χ2v) is 5.39. The Balaban J connectivity index is 1.76. The van der Waals surface area contributed by atoms with E-state index in [0.717, 1.165) is 0 Å². The van der Waals surface area contributed by atoms with Gasteiger partial charge in [-0.3, -0.25) is 0 Å². The summed E-state index contributed by atoms with van der Waals surface area (Å²) in [4.78, 5) is 0. The molecule has 0 fully saturated rings. The fourth-order valence-electron chi connectivity index (χ4n) is 2.06. The topological polar surface area (TPSA) is 75.3 Å². The number of rotatable bonds is 4. The SMILES string of the molecule is OC(CNc1ccc2nnc(C(F)(F)F)n2n1)c1ccc(Cl)cc1. The number of aromatic nitrogens is 4. The number of benzene rings is 1. The highest BCUT2D eigenvalue weighted by Crippen LogP contribution is 2.27. The standard InChI is InChI=1S/C14H11ClF3N5O/c15-9-3-1-8(2-4-9)10(24)7-19-11-5-6-12-20-21-13(14(16,17)18)23(12)22-11/h1-6,10,24H,7H2,(H,19,22). The molecule has 3 aromatic rings. The van der Waals surface area contributed by atoms with Crippen LogP contribution in [0.1, 0.15) is 17.5 Å². The first-order valence-corrected chi connectivity index (χ1v) is 7.19. The summed E-state index contributed by atoms with van der Waals surface area (Å²) in [6, 6.07) is 9.40. The third-order valence-electron chi connectivity index (χ3n) is 3.25. The van der Waals surface area contributed by atoms with Crippen LogP contribution in [-0.4, -0.2) is 31.5 Å². The van der Waals surface area contributed by atoms with E-state index in [4.69, 9.17) is 11.6 Å². The Kier molecular flexibility index (Phi) is 4.29. The zero-order chi connectivity index (χ0) is 17.3. The lowest BCUT2D eigenvalue weighted by Crippen LogP contribution is -2.16. The molecule has 6 nitrogen and oxygen atoms in total. The van der Waals surface area contributed by atoms with Crippen LogP contribution in [0.2, 0.25) is 5.02 Å². The van der Waals surface area contributed by atoms with Crippen molar-refractivity contribution in [3.63, 3.8) is 0 Å². The lowest BCUT2D eigenvalue weighted by atomic mass is 10.1. The Labute approximate surface area is 138 Å². The molecule has 0 saturated carbocycles. The molecule has 2 N–H and O–H groups in total. The van der Waals surface area contributed by atoms with Crippen molar-refractivity contribution in [1.82, 2.24) is 19.8 Å². The van der Waals surface area contributed by atoms with Gasteiger partial charge in [0.05, 0.1) is 6.10 Å². The molecule has 0 aliphatic carbocycles. The largest absolute Gasteiger partial charge is 0.453 e. The average molecular weight is 358 g/mol. The Morgan fingerprint density at radius 3 is 2.50 bits per heavy atom. The first kappa shape index (κ1) is 16.5. The Bertz CT molecular complexity index is 850. The van der Waals surface area contributed by atoms with E-state index >= 15 is 0 Å². The number of fused-ring (bicyclic) bond motifs is 1. The number of hydrogen-bond donors (Lipinski definition) is 2. The molecule has 2 heterocycles. The first-order valence-electron chi connectivity index (χ1n) is 6.81. The number of aliphatic hydroxyl groups is 1. The van der Waals surface area contributed by atoms with Crippen molar-refractivity contribution in [2.24, 2.45) is 0 Å².